The minimum absolute atomic E-state index is 0.150. The number of carbonyl (C=O) groups is 1. The van der Waals surface area contributed by atoms with Gasteiger partial charge in [0.05, 0.1) is 0 Å². The van der Waals surface area contributed by atoms with E-state index >= 15 is 0 Å². The molecule has 3 nitrogen and oxygen atoms in total. The highest BCUT2D eigenvalue weighted by Crippen LogP contribution is 2.42. The molecule has 0 aromatic heterocycles. The zero-order chi connectivity index (χ0) is 21.9. The topological polar surface area (TPSA) is 32.3 Å². The smallest absolute Gasteiger partial charge is 0.223 e. The highest BCUT2D eigenvalue weighted by atomic mass is 19.1. The summed E-state index contributed by atoms with van der Waals surface area (Å²) in [5.74, 6) is 2.94. The van der Waals surface area contributed by atoms with E-state index in [9.17, 15) is 9.18 Å². The van der Waals surface area contributed by atoms with Crippen LogP contribution in [0.3, 0.4) is 0 Å². The van der Waals surface area contributed by atoms with Gasteiger partial charge in [-0.3, -0.25) is 9.69 Å². The van der Waals surface area contributed by atoms with Gasteiger partial charge in [0.2, 0.25) is 5.91 Å². The van der Waals surface area contributed by atoms with Gasteiger partial charge in [0.15, 0.2) is 0 Å². The molecule has 1 N–H and O–H groups in total. The van der Waals surface area contributed by atoms with Crippen molar-refractivity contribution in [3.63, 3.8) is 0 Å². The summed E-state index contributed by atoms with van der Waals surface area (Å²) in [6.45, 7) is 2.93. The van der Waals surface area contributed by atoms with Crippen LogP contribution in [0.5, 0.6) is 0 Å². The van der Waals surface area contributed by atoms with E-state index in [-0.39, 0.29) is 11.7 Å². The number of nitrogens with zero attached hydrogens (tertiary/aromatic N) is 1. The molecule has 4 fully saturated rings. The van der Waals surface area contributed by atoms with Crippen LogP contribution in [0.15, 0.2) is 24.3 Å². The second kappa shape index (κ2) is 10.2. The number of hydrogen-bond donors (Lipinski definition) is 1. The van der Waals surface area contributed by atoms with Gasteiger partial charge in [-0.15, -0.1) is 0 Å². The number of nitrogens with one attached hydrogen (secondary N) is 1. The average molecular weight is 441 g/mol. The highest BCUT2D eigenvalue weighted by Gasteiger charge is 2.45. The number of rotatable bonds is 6. The molecule has 5 rings (SSSR count). The molecular weight excluding hydrogens is 399 g/mol. The van der Waals surface area contributed by atoms with Crippen LogP contribution in [0.4, 0.5) is 4.39 Å². The highest BCUT2D eigenvalue weighted by molar-refractivity contribution is 5.79. The fraction of sp³-hybridized carbons (Fsp3) is 0.750. The third-order valence-corrected chi connectivity index (χ3v) is 9.17. The summed E-state index contributed by atoms with van der Waals surface area (Å²) >= 11 is 0. The van der Waals surface area contributed by atoms with Crippen molar-refractivity contribution in [1.29, 1.82) is 0 Å². The fourth-order valence-electron chi connectivity index (χ4n) is 7.64. The van der Waals surface area contributed by atoms with E-state index in [0.717, 1.165) is 31.6 Å². The molecule has 1 heterocycles. The molecule has 3 atom stereocenters. The van der Waals surface area contributed by atoms with Crippen molar-refractivity contribution in [3.8, 4) is 0 Å². The van der Waals surface area contributed by atoms with Crippen molar-refractivity contribution in [2.75, 3.05) is 13.1 Å². The van der Waals surface area contributed by atoms with E-state index in [1.165, 1.54) is 76.7 Å². The number of likely N-dealkylation sites (tertiary alicyclic amines) is 1. The molecule has 0 bridgehead atoms. The lowest BCUT2D eigenvalue weighted by molar-refractivity contribution is -0.131. The number of benzene rings is 1. The molecule has 3 aliphatic carbocycles. The average Bonchev–Trinajstić information content (AvgIpc) is 3.36. The maximum atomic E-state index is 13.7. The first kappa shape index (κ1) is 22.4. The molecule has 32 heavy (non-hydrogen) atoms. The van der Waals surface area contributed by atoms with E-state index < -0.39 is 0 Å². The molecule has 0 spiro atoms. The van der Waals surface area contributed by atoms with Crippen LogP contribution in [0.2, 0.25) is 0 Å². The maximum absolute atomic E-state index is 13.7. The van der Waals surface area contributed by atoms with E-state index in [1.54, 1.807) is 12.1 Å². The first-order valence-electron chi connectivity index (χ1n) is 13.4. The Balaban J connectivity index is 1.22. The molecule has 1 aliphatic heterocycles. The van der Waals surface area contributed by atoms with Crippen molar-refractivity contribution in [1.82, 2.24) is 10.2 Å². The van der Waals surface area contributed by atoms with Crippen LogP contribution >= 0.6 is 0 Å². The van der Waals surface area contributed by atoms with Crippen molar-refractivity contribution in [2.24, 2.45) is 29.6 Å². The SMILES string of the molecule is O=C(N[C@H]1CC[C@H]2CN(Cc3cccc(F)c3)C[C@H]21)C(C1CCCCC1)C1CCCCC1. The molecule has 3 saturated carbocycles. The summed E-state index contributed by atoms with van der Waals surface area (Å²) in [5, 5.41) is 3.61. The lowest BCUT2D eigenvalue weighted by Gasteiger charge is -2.37. The molecular formula is C28H41FN2O. The number of carbonyl (C=O) groups excluding carboxylic acids is 1. The summed E-state index contributed by atoms with van der Waals surface area (Å²) < 4.78 is 13.6. The quantitative estimate of drug-likeness (QED) is 0.595. The van der Waals surface area contributed by atoms with Crippen molar-refractivity contribution in [2.45, 2.75) is 89.6 Å². The minimum Gasteiger partial charge on any atom is -0.353 e. The largest absolute Gasteiger partial charge is 0.353 e. The minimum atomic E-state index is -0.150. The van der Waals surface area contributed by atoms with Gasteiger partial charge in [0.1, 0.15) is 5.82 Å². The van der Waals surface area contributed by atoms with Crippen molar-refractivity contribution < 1.29 is 9.18 Å². The Hall–Kier alpha value is -1.42. The van der Waals surface area contributed by atoms with Gasteiger partial charge in [0, 0.05) is 31.6 Å². The Morgan fingerprint density at radius 1 is 0.938 bits per heavy atom. The molecule has 176 valence electrons. The molecule has 4 heteroatoms. The Morgan fingerprint density at radius 3 is 2.28 bits per heavy atom. The van der Waals surface area contributed by atoms with Crippen molar-refractivity contribution in [3.05, 3.63) is 35.6 Å². The van der Waals surface area contributed by atoms with Gasteiger partial charge in [0.25, 0.3) is 0 Å². The van der Waals surface area contributed by atoms with Crippen LogP contribution in [-0.2, 0) is 11.3 Å². The van der Waals surface area contributed by atoms with Gasteiger partial charge >= 0.3 is 0 Å². The number of fused-ring (bicyclic) bond motifs is 1. The second-order valence-corrected chi connectivity index (χ2v) is 11.3. The summed E-state index contributed by atoms with van der Waals surface area (Å²) in [4.78, 5) is 16.2. The standard InChI is InChI=1S/C28H41FN2O/c29-24-13-7-8-20(16-24)17-31-18-23-14-15-26(25(23)19-31)30-28(32)27(21-9-3-1-4-10-21)22-11-5-2-6-12-22/h7-8,13,16,21-23,25-27H,1-6,9-12,14-15,17-19H2,(H,30,32)/t23-,25+,26-/m0/s1. The van der Waals surface area contributed by atoms with Gasteiger partial charge in [-0.2, -0.15) is 0 Å². The third-order valence-electron chi connectivity index (χ3n) is 9.17. The first-order valence-corrected chi connectivity index (χ1v) is 13.4. The Morgan fingerprint density at radius 2 is 1.62 bits per heavy atom. The molecule has 4 aliphatic rings. The predicted octanol–water partition coefficient (Wildman–Crippen LogP) is 5.93. The van der Waals surface area contributed by atoms with E-state index in [0.29, 0.717) is 35.6 Å². The van der Waals surface area contributed by atoms with Gasteiger partial charge in [-0.1, -0.05) is 50.7 Å². The molecule has 1 aromatic rings. The number of halogens is 1. The van der Waals surface area contributed by atoms with Gasteiger partial charge < -0.3 is 5.32 Å². The van der Waals surface area contributed by atoms with Crippen LogP contribution in [0.1, 0.15) is 82.6 Å². The monoisotopic (exact) mass is 440 g/mol. The van der Waals surface area contributed by atoms with Gasteiger partial charge in [-0.25, -0.2) is 4.39 Å². The lowest BCUT2D eigenvalue weighted by Crippen LogP contribution is -2.47. The summed E-state index contributed by atoms with van der Waals surface area (Å²) in [6, 6.07) is 7.34. The van der Waals surface area contributed by atoms with Gasteiger partial charge in [-0.05, 0) is 79.9 Å². The van der Waals surface area contributed by atoms with E-state index in [1.807, 2.05) is 6.07 Å². The Bertz CT molecular complexity index is 752. The number of hydrogen-bond acceptors (Lipinski definition) is 2. The maximum Gasteiger partial charge on any atom is 0.223 e. The second-order valence-electron chi connectivity index (χ2n) is 11.3. The zero-order valence-electron chi connectivity index (χ0n) is 19.6. The Kier molecular flexibility index (Phi) is 7.16. The summed E-state index contributed by atoms with van der Waals surface area (Å²) in [6.07, 6.45) is 15.3. The van der Waals surface area contributed by atoms with Crippen LogP contribution in [0.25, 0.3) is 0 Å². The van der Waals surface area contributed by atoms with Crippen LogP contribution in [0, 0.1) is 35.4 Å². The molecule has 0 radical (unpaired) electrons. The molecule has 1 saturated heterocycles. The summed E-state index contributed by atoms with van der Waals surface area (Å²) in [7, 11) is 0. The van der Waals surface area contributed by atoms with Crippen molar-refractivity contribution >= 4 is 5.91 Å². The molecule has 1 amide bonds. The zero-order valence-corrected chi connectivity index (χ0v) is 19.6. The predicted molar refractivity (Wildman–Crippen MR) is 126 cm³/mol. The molecule has 1 aromatic carbocycles. The normalized spacial score (nSPS) is 30.0. The Labute approximate surface area is 193 Å². The van der Waals surface area contributed by atoms with Crippen LogP contribution < -0.4 is 5.32 Å². The lowest BCUT2D eigenvalue weighted by atomic mass is 9.69. The van der Waals surface area contributed by atoms with Crippen LogP contribution in [-0.4, -0.2) is 29.9 Å². The number of amides is 1. The van der Waals surface area contributed by atoms with E-state index in [4.69, 9.17) is 0 Å². The first-order chi connectivity index (χ1) is 15.7. The third kappa shape index (κ3) is 5.05. The molecule has 0 unspecified atom stereocenters. The van der Waals surface area contributed by atoms with E-state index in [2.05, 4.69) is 10.2 Å². The fourth-order valence-corrected chi connectivity index (χ4v) is 7.64. The summed E-state index contributed by atoms with van der Waals surface area (Å²) in [5.41, 5.74) is 1.06.